The van der Waals surface area contributed by atoms with E-state index < -0.39 is 16.7 Å². The minimum absolute atomic E-state index is 0.0792. The summed E-state index contributed by atoms with van der Waals surface area (Å²) in [6.07, 6.45) is -3.42. The lowest BCUT2D eigenvalue weighted by Gasteiger charge is -2.09. The number of hydrogen-bond donors (Lipinski definition) is 1. The first-order valence-electron chi connectivity index (χ1n) is 6.07. The molecular weight excluding hydrogens is 299 g/mol. The number of hydrazone groups is 1. The fourth-order valence-corrected chi connectivity index (χ4v) is 1.70. The van der Waals surface area contributed by atoms with Crippen LogP contribution in [-0.2, 0) is 6.18 Å². The van der Waals surface area contributed by atoms with Gasteiger partial charge < -0.3 is 0 Å². The van der Waals surface area contributed by atoms with Gasteiger partial charge in [-0.1, -0.05) is 18.2 Å². The molecule has 8 heteroatoms. The average Bonchev–Trinajstić information content (AvgIpc) is 2.47. The van der Waals surface area contributed by atoms with Gasteiger partial charge in [-0.3, -0.25) is 15.5 Å². The first-order chi connectivity index (χ1) is 10.4. The number of nitro groups is 1. The van der Waals surface area contributed by atoms with E-state index in [1.54, 1.807) is 0 Å². The highest BCUT2D eigenvalue weighted by molar-refractivity contribution is 5.82. The van der Waals surface area contributed by atoms with E-state index in [4.69, 9.17) is 0 Å². The Bertz CT molecular complexity index is 697. The summed E-state index contributed by atoms with van der Waals surface area (Å²) in [5.74, 6) is 0. The highest BCUT2D eigenvalue weighted by atomic mass is 19.4. The molecule has 2 rings (SSSR count). The maximum Gasteiger partial charge on any atom is 0.417 e. The second kappa shape index (κ2) is 6.25. The second-order valence-electron chi connectivity index (χ2n) is 4.26. The Balaban J connectivity index is 2.12. The second-order valence-corrected chi connectivity index (χ2v) is 4.26. The van der Waals surface area contributed by atoms with Gasteiger partial charge >= 0.3 is 6.18 Å². The Labute approximate surface area is 123 Å². The zero-order valence-electron chi connectivity index (χ0n) is 11.0. The third-order valence-corrected chi connectivity index (χ3v) is 2.74. The topological polar surface area (TPSA) is 67.5 Å². The number of benzene rings is 2. The Hall–Kier alpha value is -2.90. The molecule has 22 heavy (non-hydrogen) atoms. The molecule has 0 saturated heterocycles. The summed E-state index contributed by atoms with van der Waals surface area (Å²) < 4.78 is 38.3. The zero-order valence-corrected chi connectivity index (χ0v) is 11.0. The van der Waals surface area contributed by atoms with Gasteiger partial charge in [-0.25, -0.2) is 0 Å². The summed E-state index contributed by atoms with van der Waals surface area (Å²) in [6, 6.07) is 10.4. The van der Waals surface area contributed by atoms with Crippen LogP contribution >= 0.6 is 0 Å². The molecule has 0 aliphatic carbocycles. The predicted octanol–water partition coefficient (Wildman–Crippen LogP) is 4.06. The fourth-order valence-electron chi connectivity index (χ4n) is 1.70. The molecule has 0 bridgehead atoms. The van der Waals surface area contributed by atoms with Gasteiger partial charge in [-0.05, 0) is 18.2 Å². The minimum Gasteiger partial charge on any atom is -0.278 e. The molecule has 0 radical (unpaired) electrons. The number of rotatable bonds is 4. The van der Waals surface area contributed by atoms with E-state index in [-0.39, 0.29) is 11.3 Å². The molecular formula is C14H10F3N3O2. The lowest BCUT2D eigenvalue weighted by atomic mass is 10.1. The van der Waals surface area contributed by atoms with Crippen molar-refractivity contribution in [2.24, 2.45) is 5.10 Å². The predicted molar refractivity (Wildman–Crippen MR) is 75.8 cm³/mol. The molecule has 0 amide bonds. The smallest absolute Gasteiger partial charge is 0.278 e. The third kappa shape index (κ3) is 3.81. The van der Waals surface area contributed by atoms with E-state index in [1.165, 1.54) is 42.5 Å². The van der Waals surface area contributed by atoms with E-state index in [0.717, 1.165) is 12.3 Å². The molecule has 0 saturated carbocycles. The Kier molecular flexibility index (Phi) is 4.40. The highest BCUT2D eigenvalue weighted by Gasteiger charge is 2.32. The van der Waals surface area contributed by atoms with Crippen LogP contribution in [0, 0.1) is 10.1 Å². The number of hydrogen-bond acceptors (Lipinski definition) is 4. The van der Waals surface area contributed by atoms with Gasteiger partial charge in [0.25, 0.3) is 5.69 Å². The lowest BCUT2D eigenvalue weighted by Crippen LogP contribution is -2.08. The van der Waals surface area contributed by atoms with E-state index in [2.05, 4.69) is 10.5 Å². The molecule has 114 valence electrons. The van der Waals surface area contributed by atoms with Gasteiger partial charge in [0.2, 0.25) is 0 Å². The first-order valence-corrected chi connectivity index (χ1v) is 6.07. The molecule has 1 N–H and O–H groups in total. The van der Waals surface area contributed by atoms with Crippen LogP contribution in [0.1, 0.15) is 11.1 Å². The van der Waals surface area contributed by atoms with Crippen LogP contribution in [0.25, 0.3) is 0 Å². The minimum atomic E-state index is -4.46. The van der Waals surface area contributed by atoms with Crippen molar-refractivity contribution in [1.82, 2.24) is 0 Å². The standard InChI is InChI=1S/C14H10F3N3O2/c15-14(16,17)13-4-2-1-3-10(13)9-18-19-11-5-7-12(8-6-11)20(21)22/h1-9,19H/b18-9+. The van der Waals surface area contributed by atoms with Crippen molar-refractivity contribution in [2.75, 3.05) is 5.43 Å². The van der Waals surface area contributed by atoms with Crippen LogP contribution in [-0.4, -0.2) is 11.1 Å². The van der Waals surface area contributed by atoms with Gasteiger partial charge in [0.15, 0.2) is 0 Å². The van der Waals surface area contributed by atoms with Crippen LogP contribution < -0.4 is 5.43 Å². The number of anilines is 1. The summed E-state index contributed by atoms with van der Waals surface area (Å²) in [4.78, 5) is 9.94. The van der Waals surface area contributed by atoms with Crippen LogP contribution in [0.2, 0.25) is 0 Å². The number of nitrogens with zero attached hydrogens (tertiary/aromatic N) is 2. The van der Waals surface area contributed by atoms with E-state index in [0.29, 0.717) is 5.69 Å². The van der Waals surface area contributed by atoms with Crippen LogP contribution in [0.15, 0.2) is 53.6 Å². The molecule has 5 nitrogen and oxygen atoms in total. The van der Waals surface area contributed by atoms with Gasteiger partial charge in [0, 0.05) is 17.7 Å². The SMILES string of the molecule is O=[N+]([O-])c1ccc(N/N=C/c2ccccc2C(F)(F)F)cc1. The Morgan fingerprint density at radius 2 is 1.73 bits per heavy atom. The van der Waals surface area contributed by atoms with Crippen molar-refractivity contribution in [1.29, 1.82) is 0 Å². The summed E-state index contributed by atoms with van der Waals surface area (Å²) in [5, 5.41) is 14.2. The molecule has 0 spiro atoms. The van der Waals surface area contributed by atoms with E-state index in [9.17, 15) is 23.3 Å². The Morgan fingerprint density at radius 1 is 1.09 bits per heavy atom. The highest BCUT2D eigenvalue weighted by Crippen LogP contribution is 2.31. The maximum atomic E-state index is 12.8. The number of nitro benzene ring substituents is 1. The van der Waals surface area contributed by atoms with Gasteiger partial charge in [-0.15, -0.1) is 0 Å². The van der Waals surface area contributed by atoms with Crippen molar-refractivity contribution in [3.63, 3.8) is 0 Å². The number of non-ortho nitro benzene ring substituents is 1. The normalized spacial score (nSPS) is 11.6. The quantitative estimate of drug-likeness (QED) is 0.526. The number of nitrogens with one attached hydrogen (secondary N) is 1. The summed E-state index contributed by atoms with van der Waals surface area (Å²) in [5.41, 5.74) is 1.99. The van der Waals surface area contributed by atoms with E-state index in [1.807, 2.05) is 0 Å². The van der Waals surface area contributed by atoms with Crippen LogP contribution in [0.5, 0.6) is 0 Å². The van der Waals surface area contributed by atoms with Crippen LogP contribution in [0.3, 0.4) is 0 Å². The molecule has 0 fully saturated rings. The largest absolute Gasteiger partial charge is 0.417 e. The molecule has 0 aliphatic rings. The molecule has 0 unspecified atom stereocenters. The van der Waals surface area contributed by atoms with Gasteiger partial charge in [0.05, 0.1) is 22.4 Å². The number of alkyl halides is 3. The van der Waals surface area contributed by atoms with E-state index >= 15 is 0 Å². The van der Waals surface area contributed by atoms with Crippen molar-refractivity contribution in [3.8, 4) is 0 Å². The molecule has 2 aromatic rings. The summed E-state index contributed by atoms with van der Waals surface area (Å²) >= 11 is 0. The van der Waals surface area contributed by atoms with Gasteiger partial charge in [-0.2, -0.15) is 18.3 Å². The lowest BCUT2D eigenvalue weighted by molar-refractivity contribution is -0.384. The van der Waals surface area contributed by atoms with Crippen LogP contribution in [0.4, 0.5) is 24.5 Å². The maximum absolute atomic E-state index is 12.8. The third-order valence-electron chi connectivity index (χ3n) is 2.74. The molecule has 0 atom stereocenters. The molecule has 0 aliphatic heterocycles. The monoisotopic (exact) mass is 309 g/mol. The Morgan fingerprint density at radius 3 is 2.32 bits per heavy atom. The molecule has 2 aromatic carbocycles. The van der Waals surface area contributed by atoms with Crippen molar-refractivity contribution in [2.45, 2.75) is 6.18 Å². The molecule has 0 aromatic heterocycles. The summed E-state index contributed by atoms with van der Waals surface area (Å²) in [6.45, 7) is 0. The van der Waals surface area contributed by atoms with Crippen molar-refractivity contribution in [3.05, 3.63) is 69.8 Å². The first kappa shape index (κ1) is 15.5. The van der Waals surface area contributed by atoms with Crippen molar-refractivity contribution < 1.29 is 18.1 Å². The summed E-state index contributed by atoms with van der Waals surface area (Å²) in [7, 11) is 0. The average molecular weight is 309 g/mol. The fraction of sp³-hybridized carbons (Fsp3) is 0.0714. The number of halogens is 3. The van der Waals surface area contributed by atoms with Crippen molar-refractivity contribution >= 4 is 17.6 Å². The zero-order chi connectivity index (χ0) is 16.2. The molecule has 0 heterocycles. The van der Waals surface area contributed by atoms with Gasteiger partial charge in [0.1, 0.15) is 0 Å².